The summed E-state index contributed by atoms with van der Waals surface area (Å²) in [5, 5.41) is 20.7. The topological polar surface area (TPSA) is 86.5 Å². The van der Waals surface area contributed by atoms with Gasteiger partial charge in [-0.25, -0.2) is 0 Å². The molecule has 0 saturated heterocycles. The van der Waals surface area contributed by atoms with E-state index < -0.39 is 0 Å². The van der Waals surface area contributed by atoms with Crippen molar-refractivity contribution in [3.63, 3.8) is 0 Å². The van der Waals surface area contributed by atoms with Crippen LogP contribution in [-0.4, -0.2) is 45.4 Å². The van der Waals surface area contributed by atoms with Gasteiger partial charge in [-0.1, -0.05) is 58.2 Å². The van der Waals surface area contributed by atoms with Crippen molar-refractivity contribution >= 4 is 28.6 Å². The van der Waals surface area contributed by atoms with Gasteiger partial charge in [-0.05, 0) is 55.0 Å². The number of aromatic hydroxyl groups is 1. The van der Waals surface area contributed by atoms with E-state index in [1.807, 2.05) is 39.8 Å². The molecule has 190 valence electrons. The summed E-state index contributed by atoms with van der Waals surface area (Å²) in [6.07, 6.45) is 3.62. The van der Waals surface area contributed by atoms with Crippen molar-refractivity contribution in [2.75, 3.05) is 13.2 Å². The highest BCUT2D eigenvalue weighted by Crippen LogP contribution is 2.36. The number of carbonyl (C=O) groups excluding carboxylic acids is 1. The Morgan fingerprint density at radius 1 is 1.14 bits per heavy atom. The number of phenols is 1. The number of esters is 1. The van der Waals surface area contributed by atoms with Gasteiger partial charge < -0.3 is 14.6 Å². The highest BCUT2D eigenvalue weighted by atomic mass is 35.5. The van der Waals surface area contributed by atoms with Crippen LogP contribution in [0.4, 0.5) is 0 Å². The lowest BCUT2D eigenvalue weighted by Gasteiger charge is -2.23. The van der Waals surface area contributed by atoms with E-state index in [1.165, 1.54) is 4.80 Å². The number of nitrogens with zero attached hydrogens (tertiary/aromatic N) is 3. The molecule has 0 aliphatic rings. The second kappa shape index (κ2) is 11.9. The monoisotopic (exact) mass is 501 g/mol. The predicted octanol–water partition coefficient (Wildman–Crippen LogP) is 6.15. The third-order valence-corrected chi connectivity index (χ3v) is 6.08. The molecule has 0 spiro atoms. The Balaban J connectivity index is 1.80. The molecule has 1 atom stereocenters. The molecule has 35 heavy (non-hydrogen) atoms. The molecular weight excluding hydrogens is 466 g/mol. The summed E-state index contributed by atoms with van der Waals surface area (Å²) in [6.45, 7) is 11.0. The van der Waals surface area contributed by atoms with Crippen molar-refractivity contribution in [1.29, 1.82) is 0 Å². The van der Waals surface area contributed by atoms with Crippen LogP contribution in [0.3, 0.4) is 0 Å². The van der Waals surface area contributed by atoms with Gasteiger partial charge in [0.1, 0.15) is 29.1 Å². The van der Waals surface area contributed by atoms with Gasteiger partial charge in [0, 0.05) is 23.6 Å². The fourth-order valence-electron chi connectivity index (χ4n) is 3.93. The maximum atomic E-state index is 12.5. The summed E-state index contributed by atoms with van der Waals surface area (Å²) in [4.78, 5) is 13.9. The highest BCUT2D eigenvalue weighted by molar-refractivity contribution is 6.31. The van der Waals surface area contributed by atoms with Gasteiger partial charge in [-0.2, -0.15) is 0 Å². The molecule has 0 bridgehead atoms. The molecule has 8 heteroatoms. The first-order valence-electron chi connectivity index (χ1n) is 12.3. The zero-order valence-corrected chi connectivity index (χ0v) is 22.1. The summed E-state index contributed by atoms with van der Waals surface area (Å²) >= 11 is 6.10. The molecule has 1 unspecified atom stereocenters. The molecule has 0 aliphatic heterocycles. The highest BCUT2D eigenvalue weighted by Gasteiger charge is 2.23. The molecular formula is C27H36ClN3O4. The Morgan fingerprint density at radius 3 is 2.57 bits per heavy atom. The normalized spacial score (nSPS) is 12.7. The summed E-state index contributed by atoms with van der Waals surface area (Å²) in [5.41, 5.74) is 3.10. The van der Waals surface area contributed by atoms with Crippen molar-refractivity contribution < 1.29 is 19.4 Å². The number of hydrogen-bond acceptors (Lipinski definition) is 6. The summed E-state index contributed by atoms with van der Waals surface area (Å²) in [7, 11) is 0. The van der Waals surface area contributed by atoms with E-state index >= 15 is 0 Å². The number of benzene rings is 2. The molecule has 0 saturated carbocycles. The fraction of sp³-hybridized carbons (Fsp3) is 0.519. The van der Waals surface area contributed by atoms with Crippen LogP contribution in [-0.2, 0) is 26.1 Å². The van der Waals surface area contributed by atoms with Gasteiger partial charge in [-0.3, -0.25) is 4.79 Å². The van der Waals surface area contributed by atoms with Crippen molar-refractivity contribution in [3.05, 3.63) is 46.5 Å². The SMILES string of the molecule is CCCCC(COC(=O)CCc1cc(-n2nc3ccc(Cl)cc3n2)c(O)c(C(C)(C)C)c1)OCC. The average Bonchev–Trinajstić information content (AvgIpc) is 3.22. The number of carbonyl (C=O) groups is 1. The molecule has 0 amide bonds. The van der Waals surface area contributed by atoms with Crippen LogP contribution in [0.15, 0.2) is 30.3 Å². The van der Waals surface area contributed by atoms with Crippen molar-refractivity contribution in [2.45, 2.75) is 78.2 Å². The fourth-order valence-corrected chi connectivity index (χ4v) is 4.09. The number of aromatic nitrogens is 3. The van der Waals surface area contributed by atoms with Crippen LogP contribution in [0.25, 0.3) is 16.7 Å². The van der Waals surface area contributed by atoms with Crippen LogP contribution >= 0.6 is 11.6 Å². The van der Waals surface area contributed by atoms with E-state index in [0.717, 1.165) is 30.4 Å². The minimum absolute atomic E-state index is 0.0646. The quantitative estimate of drug-likeness (QED) is 0.317. The van der Waals surface area contributed by atoms with Crippen LogP contribution in [0.2, 0.25) is 5.02 Å². The predicted molar refractivity (Wildman–Crippen MR) is 138 cm³/mol. The first kappa shape index (κ1) is 27.0. The molecule has 0 fully saturated rings. The number of halogens is 1. The van der Waals surface area contributed by atoms with Gasteiger partial charge in [0.15, 0.2) is 0 Å². The summed E-state index contributed by atoms with van der Waals surface area (Å²) in [6, 6.07) is 9.04. The first-order chi connectivity index (χ1) is 16.6. The number of fused-ring (bicyclic) bond motifs is 1. The third-order valence-electron chi connectivity index (χ3n) is 5.85. The Morgan fingerprint density at radius 2 is 1.89 bits per heavy atom. The number of ether oxygens (including phenoxy) is 2. The molecule has 2 aromatic carbocycles. The minimum atomic E-state index is -0.324. The van der Waals surface area contributed by atoms with Gasteiger partial charge in [0.2, 0.25) is 0 Å². The van der Waals surface area contributed by atoms with Crippen molar-refractivity contribution in [3.8, 4) is 11.4 Å². The van der Waals surface area contributed by atoms with Crippen LogP contribution in [0.5, 0.6) is 5.75 Å². The van der Waals surface area contributed by atoms with Gasteiger partial charge in [0.25, 0.3) is 0 Å². The van der Waals surface area contributed by atoms with E-state index in [0.29, 0.717) is 34.8 Å². The molecule has 3 aromatic rings. The second-order valence-electron chi connectivity index (χ2n) is 9.79. The molecule has 7 nitrogen and oxygen atoms in total. The lowest BCUT2D eigenvalue weighted by Crippen LogP contribution is -2.22. The standard InChI is InChI=1S/C27H36ClN3O4/c1-6-8-9-20(34-7-2)17-35-25(32)13-10-18-14-21(27(3,4)5)26(33)24(15-18)31-29-22-12-11-19(28)16-23(22)30-31/h11-12,14-16,20,33H,6-10,13,17H2,1-5H3. The molecule has 0 aliphatic carbocycles. The van der Waals surface area contributed by atoms with E-state index in [9.17, 15) is 9.90 Å². The Bertz CT molecular complexity index is 1150. The van der Waals surface area contributed by atoms with E-state index in [4.69, 9.17) is 21.1 Å². The second-order valence-corrected chi connectivity index (χ2v) is 10.2. The maximum absolute atomic E-state index is 12.5. The summed E-state index contributed by atoms with van der Waals surface area (Å²) in [5.74, 6) is -0.151. The van der Waals surface area contributed by atoms with Crippen molar-refractivity contribution in [1.82, 2.24) is 15.0 Å². The molecule has 1 N–H and O–H groups in total. The number of unbranched alkanes of at least 4 members (excludes halogenated alkanes) is 1. The average molecular weight is 502 g/mol. The minimum Gasteiger partial charge on any atom is -0.505 e. The lowest BCUT2D eigenvalue weighted by molar-refractivity contribution is -0.148. The first-order valence-corrected chi connectivity index (χ1v) is 12.7. The largest absolute Gasteiger partial charge is 0.505 e. The Kier molecular flexibility index (Phi) is 9.14. The number of aryl methyl sites for hydroxylation is 1. The van der Waals surface area contributed by atoms with Crippen LogP contribution < -0.4 is 0 Å². The molecule has 0 radical (unpaired) electrons. The number of rotatable bonds is 11. The van der Waals surface area contributed by atoms with Gasteiger partial charge >= 0.3 is 5.97 Å². The van der Waals surface area contributed by atoms with Gasteiger partial charge in [0.05, 0.1) is 6.10 Å². The van der Waals surface area contributed by atoms with E-state index in [-0.39, 0.29) is 36.3 Å². The Labute approximate surface area is 212 Å². The van der Waals surface area contributed by atoms with Crippen LogP contribution in [0, 0.1) is 0 Å². The maximum Gasteiger partial charge on any atom is 0.306 e. The zero-order valence-electron chi connectivity index (χ0n) is 21.3. The molecule has 3 rings (SSSR count). The molecule has 1 heterocycles. The lowest BCUT2D eigenvalue weighted by atomic mass is 9.84. The van der Waals surface area contributed by atoms with Gasteiger partial charge in [-0.15, -0.1) is 15.0 Å². The van der Waals surface area contributed by atoms with Crippen molar-refractivity contribution in [2.24, 2.45) is 0 Å². The zero-order chi connectivity index (χ0) is 25.6. The molecule has 1 aromatic heterocycles. The van der Waals surface area contributed by atoms with Crippen LogP contribution in [0.1, 0.15) is 71.4 Å². The third kappa shape index (κ3) is 7.18. The number of phenolic OH excluding ortho intramolecular Hbond substituents is 1. The smallest absolute Gasteiger partial charge is 0.306 e. The van der Waals surface area contributed by atoms with E-state index in [1.54, 1.807) is 18.2 Å². The Hall–Kier alpha value is -2.64. The number of hydrogen-bond donors (Lipinski definition) is 1. The van der Waals surface area contributed by atoms with E-state index in [2.05, 4.69) is 17.1 Å². The summed E-state index contributed by atoms with van der Waals surface area (Å²) < 4.78 is 11.2.